The molecule has 7 nitrogen and oxygen atoms in total. The number of nitrogens with one attached hydrogen (secondary N) is 1. The molecule has 0 bridgehead atoms. The number of aryl methyl sites for hydroxylation is 1. The standard InChI is InChI=1S/C17H17ClN4O3S.ClH/c1-11-15-8-14(9-20-17(15)25-21-11)26(23,24)22-6-5-19-10-16(22)12-3-2-4-13(18)7-12;/h2-4,7-9,16,19H,5-6,10H2,1H3;1H. The molecule has 1 unspecified atom stereocenters. The molecule has 1 saturated heterocycles. The molecular weight excluding hydrogens is 411 g/mol. The van der Waals surface area contributed by atoms with E-state index in [9.17, 15) is 8.42 Å². The molecule has 3 aromatic rings. The van der Waals surface area contributed by atoms with Crippen molar-refractivity contribution in [3.05, 3.63) is 52.8 Å². The molecule has 2 aromatic heterocycles. The normalized spacial score (nSPS) is 18.4. The molecule has 0 spiro atoms. The highest BCUT2D eigenvalue weighted by Gasteiger charge is 2.35. The van der Waals surface area contributed by atoms with Crippen LogP contribution in [-0.4, -0.2) is 42.5 Å². The Bertz CT molecular complexity index is 1070. The lowest BCUT2D eigenvalue weighted by molar-refractivity contribution is 0.271. The highest BCUT2D eigenvalue weighted by Crippen LogP contribution is 2.31. The van der Waals surface area contributed by atoms with Crippen LogP contribution < -0.4 is 5.32 Å². The fourth-order valence-corrected chi connectivity index (χ4v) is 4.96. The Labute approximate surface area is 168 Å². The van der Waals surface area contributed by atoms with Crippen molar-refractivity contribution < 1.29 is 12.9 Å². The zero-order valence-corrected chi connectivity index (χ0v) is 16.8. The molecule has 3 heterocycles. The number of sulfonamides is 1. The van der Waals surface area contributed by atoms with Gasteiger partial charge in [-0.3, -0.25) is 0 Å². The number of aromatic nitrogens is 2. The van der Waals surface area contributed by atoms with Crippen LogP contribution in [-0.2, 0) is 10.0 Å². The number of nitrogens with zero attached hydrogens (tertiary/aromatic N) is 3. The van der Waals surface area contributed by atoms with Gasteiger partial charge in [0, 0.05) is 24.7 Å². The second-order valence-corrected chi connectivity index (χ2v) is 8.51. The van der Waals surface area contributed by atoms with Crippen LogP contribution in [0.2, 0.25) is 5.02 Å². The minimum absolute atomic E-state index is 0. The molecule has 0 saturated carbocycles. The zero-order chi connectivity index (χ0) is 18.3. The number of fused-ring (bicyclic) bond motifs is 1. The van der Waals surface area contributed by atoms with Crippen LogP contribution >= 0.6 is 24.0 Å². The molecule has 1 atom stereocenters. The van der Waals surface area contributed by atoms with Crippen LogP contribution in [0.4, 0.5) is 0 Å². The maximum Gasteiger partial charge on any atom is 0.257 e. The quantitative estimate of drug-likeness (QED) is 0.689. The van der Waals surface area contributed by atoms with Gasteiger partial charge in [0.1, 0.15) is 4.90 Å². The summed E-state index contributed by atoms with van der Waals surface area (Å²) in [4.78, 5) is 4.23. The summed E-state index contributed by atoms with van der Waals surface area (Å²) < 4.78 is 33.2. The van der Waals surface area contributed by atoms with Gasteiger partial charge in [-0.15, -0.1) is 12.4 Å². The van der Waals surface area contributed by atoms with Crippen molar-refractivity contribution in [2.75, 3.05) is 19.6 Å². The van der Waals surface area contributed by atoms with Gasteiger partial charge in [-0.25, -0.2) is 13.4 Å². The van der Waals surface area contributed by atoms with Gasteiger partial charge < -0.3 is 9.84 Å². The largest absolute Gasteiger partial charge is 0.336 e. The van der Waals surface area contributed by atoms with Gasteiger partial charge in [-0.2, -0.15) is 4.31 Å². The third-order valence-electron chi connectivity index (χ3n) is 4.52. The molecule has 4 rings (SSSR count). The lowest BCUT2D eigenvalue weighted by Gasteiger charge is -2.35. The Hall–Kier alpha value is -1.71. The number of benzene rings is 1. The maximum atomic E-state index is 13.3. The van der Waals surface area contributed by atoms with Crippen LogP contribution in [0.1, 0.15) is 17.3 Å². The van der Waals surface area contributed by atoms with Crippen molar-refractivity contribution in [2.45, 2.75) is 17.9 Å². The summed E-state index contributed by atoms with van der Waals surface area (Å²) in [5.74, 6) is 0. The third-order valence-corrected chi connectivity index (χ3v) is 6.63. The number of halogens is 2. The number of hydrogen-bond acceptors (Lipinski definition) is 6. The molecule has 1 N–H and O–H groups in total. The molecule has 1 aromatic carbocycles. The van der Waals surface area contributed by atoms with E-state index in [1.807, 2.05) is 12.1 Å². The van der Waals surface area contributed by atoms with E-state index >= 15 is 0 Å². The van der Waals surface area contributed by atoms with Crippen molar-refractivity contribution in [3.63, 3.8) is 0 Å². The molecule has 1 aliphatic heterocycles. The highest BCUT2D eigenvalue weighted by atomic mass is 35.5. The lowest BCUT2D eigenvalue weighted by atomic mass is 10.1. The minimum Gasteiger partial charge on any atom is -0.336 e. The molecule has 27 heavy (non-hydrogen) atoms. The number of pyridine rings is 1. The smallest absolute Gasteiger partial charge is 0.257 e. The SMILES string of the molecule is Cc1noc2ncc(S(=O)(=O)N3CCNCC3c3cccc(Cl)c3)cc12.Cl. The average molecular weight is 429 g/mol. The van der Waals surface area contributed by atoms with E-state index in [1.54, 1.807) is 25.1 Å². The van der Waals surface area contributed by atoms with Crippen LogP contribution in [0.25, 0.3) is 11.1 Å². The molecule has 1 fully saturated rings. The van der Waals surface area contributed by atoms with Crippen molar-refractivity contribution >= 4 is 45.1 Å². The Morgan fingerprint density at radius 1 is 1.33 bits per heavy atom. The van der Waals surface area contributed by atoms with Gasteiger partial charge in [-0.1, -0.05) is 28.9 Å². The van der Waals surface area contributed by atoms with E-state index in [4.69, 9.17) is 16.1 Å². The predicted molar refractivity (Wildman–Crippen MR) is 105 cm³/mol. The van der Waals surface area contributed by atoms with Crippen molar-refractivity contribution in [3.8, 4) is 0 Å². The molecule has 1 aliphatic rings. The topological polar surface area (TPSA) is 88.3 Å². The van der Waals surface area contributed by atoms with E-state index in [-0.39, 0.29) is 23.3 Å². The number of rotatable bonds is 3. The van der Waals surface area contributed by atoms with E-state index in [0.717, 1.165) is 5.56 Å². The minimum atomic E-state index is -3.74. The molecule has 144 valence electrons. The van der Waals surface area contributed by atoms with Crippen molar-refractivity contribution in [1.29, 1.82) is 0 Å². The number of piperazine rings is 1. The molecule has 0 radical (unpaired) electrons. The maximum absolute atomic E-state index is 13.3. The van der Waals surface area contributed by atoms with E-state index in [2.05, 4.69) is 15.5 Å². The Morgan fingerprint density at radius 2 is 2.15 bits per heavy atom. The Balaban J connectivity index is 0.00000210. The van der Waals surface area contributed by atoms with E-state index < -0.39 is 10.0 Å². The molecule has 0 amide bonds. The average Bonchev–Trinajstić information content (AvgIpc) is 3.02. The van der Waals surface area contributed by atoms with Crippen molar-refractivity contribution in [1.82, 2.24) is 19.8 Å². The highest BCUT2D eigenvalue weighted by molar-refractivity contribution is 7.89. The summed E-state index contributed by atoms with van der Waals surface area (Å²) in [5, 5.41) is 8.26. The van der Waals surface area contributed by atoms with Crippen LogP contribution in [0.15, 0.2) is 45.9 Å². The van der Waals surface area contributed by atoms with Gasteiger partial charge >= 0.3 is 0 Å². The van der Waals surface area contributed by atoms with Crippen molar-refractivity contribution in [2.24, 2.45) is 0 Å². The van der Waals surface area contributed by atoms with Gasteiger partial charge in [-0.05, 0) is 30.7 Å². The summed E-state index contributed by atoms with van der Waals surface area (Å²) in [6.07, 6.45) is 1.32. The van der Waals surface area contributed by atoms with E-state index in [1.165, 1.54) is 10.5 Å². The molecular formula is C17H18Cl2N4O3S. The van der Waals surface area contributed by atoms with Crippen LogP contribution in [0.5, 0.6) is 0 Å². The second-order valence-electron chi connectivity index (χ2n) is 6.18. The number of hydrogen-bond donors (Lipinski definition) is 1. The summed E-state index contributed by atoms with van der Waals surface area (Å²) >= 11 is 6.10. The first-order chi connectivity index (χ1) is 12.5. The van der Waals surface area contributed by atoms with Gasteiger partial charge in [0.15, 0.2) is 0 Å². The lowest BCUT2D eigenvalue weighted by Crippen LogP contribution is -2.48. The first kappa shape index (κ1) is 20.0. The first-order valence-electron chi connectivity index (χ1n) is 8.17. The summed E-state index contributed by atoms with van der Waals surface area (Å²) in [6, 6.07) is 8.51. The Kier molecular flexibility index (Phi) is 5.73. The second kappa shape index (κ2) is 7.73. The zero-order valence-electron chi connectivity index (χ0n) is 14.4. The van der Waals surface area contributed by atoms with Gasteiger partial charge in [0.2, 0.25) is 10.0 Å². The Morgan fingerprint density at radius 3 is 2.93 bits per heavy atom. The van der Waals surface area contributed by atoms with Gasteiger partial charge in [0.25, 0.3) is 5.71 Å². The summed E-state index contributed by atoms with van der Waals surface area (Å²) in [6.45, 7) is 3.21. The van der Waals surface area contributed by atoms with Gasteiger partial charge in [0.05, 0.1) is 23.3 Å². The fraction of sp³-hybridized carbons (Fsp3) is 0.294. The third kappa shape index (κ3) is 3.68. The molecule has 0 aliphatic carbocycles. The van der Waals surface area contributed by atoms with Crippen LogP contribution in [0, 0.1) is 6.92 Å². The summed E-state index contributed by atoms with van der Waals surface area (Å²) in [5.41, 5.74) is 1.79. The fourth-order valence-electron chi connectivity index (χ4n) is 3.17. The van der Waals surface area contributed by atoms with E-state index in [0.29, 0.717) is 41.5 Å². The predicted octanol–water partition coefficient (Wildman–Crippen LogP) is 2.94. The molecule has 10 heteroatoms. The monoisotopic (exact) mass is 428 g/mol. The summed E-state index contributed by atoms with van der Waals surface area (Å²) in [7, 11) is -3.74. The van der Waals surface area contributed by atoms with Crippen LogP contribution in [0.3, 0.4) is 0 Å². The first-order valence-corrected chi connectivity index (χ1v) is 9.99.